The molecule has 2 fully saturated rings. The van der Waals surface area contributed by atoms with E-state index in [0.29, 0.717) is 35.1 Å². The van der Waals surface area contributed by atoms with E-state index < -0.39 is 31.9 Å². The van der Waals surface area contributed by atoms with Gasteiger partial charge < -0.3 is 20.4 Å². The lowest BCUT2D eigenvalue weighted by atomic mass is 9.90. The number of hydrogen-bond acceptors (Lipinski definition) is 14. The molecule has 0 spiro atoms. The minimum absolute atomic E-state index is 0.0496. The minimum atomic E-state index is -4.32. The topological polar surface area (TPSA) is 200 Å². The van der Waals surface area contributed by atoms with Gasteiger partial charge in [-0.2, -0.15) is 16.8 Å². The second kappa shape index (κ2) is 22.6. The number of pyridine rings is 4. The SMILES string of the molecule is C=CCN1C(=O)c2ccc(C(C)(C)C)nc2N2C[C@@H](CCC(c3ccccc3)Nc3cccc(n3)S1(=O)=O)CC2(C)C.CC(C)(C)c1ccc2c(n1)N1C[C@@H](CCC(c3ccccc3)Nc3cccc(n3)S(=O)(=O)NC2=O)CC1(C)C. The van der Waals surface area contributed by atoms with Crippen LogP contribution in [0.2, 0.25) is 0 Å². The Labute approximate surface area is 479 Å². The van der Waals surface area contributed by atoms with E-state index in [-0.39, 0.29) is 61.7 Å². The molecule has 4 aliphatic rings. The maximum atomic E-state index is 14.2. The van der Waals surface area contributed by atoms with E-state index in [0.717, 1.165) is 78.4 Å². The fraction of sp³-hybridized carbons (Fsp3) is 0.429. The molecule has 2 aromatic carbocycles. The number of rotatable bonds is 4. The highest BCUT2D eigenvalue weighted by atomic mass is 32.2. The van der Waals surface area contributed by atoms with E-state index in [9.17, 15) is 26.4 Å². The Kier molecular flexibility index (Phi) is 16.3. The number of nitrogens with one attached hydrogen (secondary N) is 3. The van der Waals surface area contributed by atoms with Crippen LogP contribution >= 0.6 is 0 Å². The zero-order valence-corrected chi connectivity index (χ0v) is 50.0. The van der Waals surface area contributed by atoms with E-state index >= 15 is 0 Å². The van der Waals surface area contributed by atoms with Crippen molar-refractivity contribution in [1.29, 1.82) is 0 Å². The third kappa shape index (κ3) is 12.8. The summed E-state index contributed by atoms with van der Waals surface area (Å²) in [5, 5.41) is 6.54. The zero-order chi connectivity index (χ0) is 58.3. The monoisotopic (exact) mass is 1130 g/mol. The van der Waals surface area contributed by atoms with Crippen molar-refractivity contribution in [3.05, 3.63) is 168 Å². The summed E-state index contributed by atoms with van der Waals surface area (Å²) < 4.78 is 57.9. The molecule has 8 bridgehead atoms. The van der Waals surface area contributed by atoms with Crippen molar-refractivity contribution in [2.45, 2.75) is 152 Å². The summed E-state index contributed by atoms with van der Waals surface area (Å²) in [5.74, 6) is 1.31. The van der Waals surface area contributed by atoms with Crippen molar-refractivity contribution in [2.24, 2.45) is 11.8 Å². The molecule has 18 heteroatoms. The maximum absolute atomic E-state index is 14.2. The average molecular weight is 1140 g/mol. The smallest absolute Gasteiger partial charge is 0.284 e. The first-order chi connectivity index (χ1) is 38.1. The number of anilines is 4. The molecule has 0 radical (unpaired) electrons. The molecule has 2 unspecified atom stereocenters. The lowest BCUT2D eigenvalue weighted by Gasteiger charge is -2.35. The summed E-state index contributed by atoms with van der Waals surface area (Å²) in [5.41, 5.74) is 3.35. The van der Waals surface area contributed by atoms with Crippen LogP contribution in [0.25, 0.3) is 0 Å². The summed E-state index contributed by atoms with van der Waals surface area (Å²) in [7, 11) is -8.55. The van der Waals surface area contributed by atoms with E-state index in [2.05, 4.69) is 135 Å². The molecule has 3 N–H and O–H groups in total. The Bertz CT molecular complexity index is 3530. The van der Waals surface area contributed by atoms with Crippen LogP contribution in [0.5, 0.6) is 0 Å². The van der Waals surface area contributed by atoms with Crippen molar-refractivity contribution in [1.82, 2.24) is 29.0 Å². The second-order valence-electron chi connectivity index (χ2n) is 25.3. The van der Waals surface area contributed by atoms with Crippen LogP contribution in [0.3, 0.4) is 0 Å². The largest absolute Gasteiger partial charge is 0.363 e. The molecule has 10 rings (SSSR count). The molecular formula is C63H78N10O6S2. The molecular weight excluding hydrogens is 1060 g/mol. The van der Waals surface area contributed by atoms with Gasteiger partial charge in [-0.3, -0.25) is 9.59 Å². The van der Waals surface area contributed by atoms with Gasteiger partial charge in [-0.05, 0) is 138 Å². The van der Waals surface area contributed by atoms with Gasteiger partial charge in [-0.15, -0.1) is 6.58 Å². The van der Waals surface area contributed by atoms with Gasteiger partial charge in [0, 0.05) is 46.4 Å². The summed E-state index contributed by atoms with van der Waals surface area (Å²) in [4.78, 5) is 51.1. The molecule has 16 nitrogen and oxygen atoms in total. The fourth-order valence-corrected chi connectivity index (χ4v) is 14.0. The van der Waals surface area contributed by atoms with Gasteiger partial charge in [-0.1, -0.05) is 120 Å². The highest BCUT2D eigenvalue weighted by molar-refractivity contribution is 7.90. The van der Waals surface area contributed by atoms with E-state index in [1.165, 1.54) is 18.2 Å². The number of carbonyl (C=O) groups excluding carboxylic acids is 2. The quantitative estimate of drug-likeness (QED) is 0.141. The molecule has 2 saturated heterocycles. The number of nitrogens with zero attached hydrogens (tertiary/aromatic N) is 7. The Hall–Kier alpha value is -7.18. The van der Waals surface area contributed by atoms with E-state index in [4.69, 9.17) is 9.97 Å². The summed E-state index contributed by atoms with van der Waals surface area (Å²) in [6.07, 6.45) is 6.84. The highest BCUT2D eigenvalue weighted by Gasteiger charge is 2.44. The zero-order valence-electron chi connectivity index (χ0n) is 48.4. The van der Waals surface area contributed by atoms with Gasteiger partial charge in [0.15, 0.2) is 10.1 Å². The molecule has 0 saturated carbocycles. The third-order valence-corrected chi connectivity index (χ3v) is 18.9. The Balaban J connectivity index is 0.000000196. The van der Waals surface area contributed by atoms with Crippen molar-refractivity contribution in [3.63, 3.8) is 0 Å². The Morgan fingerprint density at radius 2 is 1.01 bits per heavy atom. The first kappa shape index (κ1) is 58.5. The number of fused-ring (bicyclic) bond motifs is 12. The lowest BCUT2D eigenvalue weighted by molar-refractivity contribution is 0.0870. The number of aromatic nitrogens is 4. The molecule has 4 aromatic heterocycles. The molecule has 2 amide bonds. The summed E-state index contributed by atoms with van der Waals surface area (Å²) >= 11 is 0. The average Bonchev–Trinajstić information content (AvgIpc) is 3.92. The fourth-order valence-electron chi connectivity index (χ4n) is 11.7. The van der Waals surface area contributed by atoms with Gasteiger partial charge >= 0.3 is 0 Å². The normalized spacial score (nSPS) is 22.3. The number of carbonyl (C=O) groups is 2. The van der Waals surface area contributed by atoms with Crippen molar-refractivity contribution < 1.29 is 26.4 Å². The Morgan fingerprint density at radius 1 is 0.568 bits per heavy atom. The first-order valence-electron chi connectivity index (χ1n) is 28.1. The van der Waals surface area contributed by atoms with Gasteiger partial charge in [0.2, 0.25) is 0 Å². The minimum Gasteiger partial charge on any atom is -0.363 e. The number of hydrogen-bond donors (Lipinski definition) is 3. The van der Waals surface area contributed by atoms with Crippen LogP contribution in [0.4, 0.5) is 23.3 Å². The van der Waals surface area contributed by atoms with Gasteiger partial charge in [-0.25, -0.2) is 29.0 Å². The van der Waals surface area contributed by atoms with Crippen LogP contribution in [-0.2, 0) is 30.9 Å². The molecule has 6 aromatic rings. The van der Waals surface area contributed by atoms with Crippen molar-refractivity contribution >= 4 is 55.1 Å². The van der Waals surface area contributed by atoms with Crippen LogP contribution in [0.1, 0.15) is 163 Å². The van der Waals surface area contributed by atoms with Crippen LogP contribution in [0.15, 0.2) is 144 Å². The number of sulfonamides is 2. The van der Waals surface area contributed by atoms with Crippen LogP contribution in [-0.4, -0.2) is 83.6 Å². The van der Waals surface area contributed by atoms with Crippen LogP contribution < -0.4 is 25.2 Å². The van der Waals surface area contributed by atoms with Crippen molar-refractivity contribution in [2.75, 3.05) is 40.1 Å². The second-order valence-corrected chi connectivity index (χ2v) is 28.7. The predicted octanol–water partition coefficient (Wildman–Crippen LogP) is 11.8. The standard InChI is InChI=1S/C33H41N5O3S.C30H37N5O3S/c1-7-20-38-31(39)25-17-19-27(32(2,3)4)35-30(25)37-22-23(21-33(37,5)6)16-18-26(24-12-9-8-10-13-24)34-28-14-11-15-29(36-28)42(38,40)41;1-29(2,3)24-17-15-22-27(32-24)35-19-20(18-30(35,4)5)14-16-23(21-10-7-6-8-11-21)31-25-12-9-13-26(33-25)39(37,38)34-28(22)36/h7-15,17,19,23,26H,1,16,18,20-22H2,2-6H3,(H,34,36);6-13,15,17,20,23H,14,16,18-19H2,1-5H3,(H,31,33)(H,34,36)/t23-,26?;20-,23?/m00/s1. The third-order valence-electron chi connectivity index (χ3n) is 16.0. The number of benzene rings is 2. The highest BCUT2D eigenvalue weighted by Crippen LogP contribution is 2.44. The molecule has 8 heterocycles. The number of amides is 2. The predicted molar refractivity (Wildman–Crippen MR) is 321 cm³/mol. The summed E-state index contributed by atoms with van der Waals surface area (Å²) in [6.45, 7) is 26.2. The molecule has 0 aliphatic carbocycles. The van der Waals surface area contributed by atoms with Gasteiger partial charge in [0.05, 0.1) is 29.8 Å². The summed E-state index contributed by atoms with van der Waals surface area (Å²) in [6, 6.07) is 36.9. The van der Waals surface area contributed by atoms with Crippen LogP contribution in [0, 0.1) is 11.8 Å². The maximum Gasteiger partial charge on any atom is 0.284 e. The lowest BCUT2D eigenvalue weighted by Crippen LogP contribution is -2.42. The van der Waals surface area contributed by atoms with E-state index in [1.807, 2.05) is 48.5 Å². The van der Waals surface area contributed by atoms with Crippen molar-refractivity contribution in [3.8, 4) is 0 Å². The van der Waals surface area contributed by atoms with E-state index in [1.54, 1.807) is 36.4 Å². The molecule has 4 aliphatic heterocycles. The molecule has 428 valence electrons. The van der Waals surface area contributed by atoms with Gasteiger partial charge in [0.1, 0.15) is 23.3 Å². The first-order valence-corrected chi connectivity index (χ1v) is 31.0. The molecule has 4 atom stereocenters. The Morgan fingerprint density at radius 3 is 1.48 bits per heavy atom. The molecule has 81 heavy (non-hydrogen) atoms. The van der Waals surface area contributed by atoms with Gasteiger partial charge in [0.25, 0.3) is 31.9 Å².